The fraction of sp³-hybridized carbons (Fsp3) is 0. The first kappa shape index (κ1) is 11.9. The van der Waals surface area contributed by atoms with Crippen molar-refractivity contribution < 1.29 is 18.3 Å². The first-order chi connectivity index (χ1) is 5.43. The van der Waals surface area contributed by atoms with Crippen LogP contribution in [0.4, 0.5) is 0 Å². The summed E-state index contributed by atoms with van der Waals surface area (Å²) in [6, 6.07) is 2.43. The number of carbonyl (C=O) groups is 1. The maximum absolute atomic E-state index is 10.7. The number of hydrogen-bond acceptors (Lipinski definition) is 3. The molecule has 0 bridgehead atoms. The normalized spacial score (nSPS) is 10.5. The molecule has 3 N–H and O–H groups in total. The first-order valence-electron chi connectivity index (χ1n) is 2.87. The van der Waals surface area contributed by atoms with Crippen LogP contribution < -0.4 is 5.14 Å². The number of hydrogen-bond donors (Lipinski definition) is 2. The molecule has 0 aliphatic carbocycles. The van der Waals surface area contributed by atoms with E-state index >= 15 is 0 Å². The molecule has 0 saturated carbocycles. The quantitative estimate of drug-likeness (QED) is 0.720. The van der Waals surface area contributed by atoms with E-state index in [1.165, 1.54) is 6.07 Å². The van der Waals surface area contributed by atoms with E-state index in [-0.39, 0.29) is 18.1 Å². The van der Waals surface area contributed by atoms with E-state index in [0.717, 1.165) is 12.3 Å². The van der Waals surface area contributed by atoms with Gasteiger partial charge in [0, 0.05) is 6.20 Å². The van der Waals surface area contributed by atoms with Crippen LogP contribution in [-0.4, -0.2) is 23.5 Å². The van der Waals surface area contributed by atoms with Gasteiger partial charge in [-0.05, 0) is 12.1 Å². The van der Waals surface area contributed by atoms with Crippen molar-refractivity contribution in [3.8, 4) is 0 Å². The van der Waals surface area contributed by atoms with Crippen LogP contribution in [0.15, 0.2) is 18.3 Å². The Labute approximate surface area is 80.6 Å². The van der Waals surface area contributed by atoms with Gasteiger partial charge >= 0.3 is 16.2 Å². The predicted molar refractivity (Wildman–Crippen MR) is 47.1 cm³/mol. The Balaban J connectivity index is 0.00000144. The van der Waals surface area contributed by atoms with E-state index in [2.05, 4.69) is 0 Å². The average Bonchev–Trinajstić information content (AvgIpc) is 2.30. The highest BCUT2D eigenvalue weighted by molar-refractivity contribution is 7.87. The minimum atomic E-state index is -4.00. The molecule has 0 fully saturated rings. The van der Waals surface area contributed by atoms with E-state index in [4.69, 9.17) is 10.2 Å². The molecule has 13 heavy (non-hydrogen) atoms. The number of nitrogens with two attached hydrogens (primary N) is 1. The van der Waals surface area contributed by atoms with Crippen molar-refractivity contribution in [1.29, 1.82) is 0 Å². The molecule has 74 valence electrons. The third-order valence-corrected chi connectivity index (χ3v) is 2.07. The van der Waals surface area contributed by atoms with Gasteiger partial charge < -0.3 is 5.11 Å². The van der Waals surface area contributed by atoms with E-state index in [0.29, 0.717) is 3.97 Å². The first-order valence-corrected chi connectivity index (χ1v) is 4.37. The van der Waals surface area contributed by atoms with Crippen molar-refractivity contribution >= 4 is 28.6 Å². The van der Waals surface area contributed by atoms with Gasteiger partial charge in [-0.2, -0.15) is 8.42 Å². The number of aromatic carboxylic acids is 1. The summed E-state index contributed by atoms with van der Waals surface area (Å²) in [6.45, 7) is 0. The van der Waals surface area contributed by atoms with Crippen molar-refractivity contribution in [2.75, 3.05) is 0 Å². The molecule has 0 amide bonds. The number of carboxylic acids is 1. The van der Waals surface area contributed by atoms with Crippen LogP contribution in [-0.2, 0) is 10.2 Å². The second-order valence-electron chi connectivity index (χ2n) is 2.04. The summed E-state index contributed by atoms with van der Waals surface area (Å²) in [5.74, 6) is -1.34. The van der Waals surface area contributed by atoms with E-state index in [1.807, 2.05) is 0 Å². The van der Waals surface area contributed by atoms with Crippen molar-refractivity contribution in [1.82, 2.24) is 3.97 Å². The number of carboxylic acid groups (broad SMARTS) is 1. The molecular weight excluding hydrogens is 220 g/mol. The summed E-state index contributed by atoms with van der Waals surface area (Å²) < 4.78 is 21.9. The van der Waals surface area contributed by atoms with Gasteiger partial charge in [0.15, 0.2) is 0 Å². The molecular formula is C5H7ClN2O4S. The van der Waals surface area contributed by atoms with Crippen molar-refractivity contribution in [2.45, 2.75) is 0 Å². The molecule has 0 saturated heterocycles. The highest BCUT2D eigenvalue weighted by Gasteiger charge is 2.15. The molecule has 1 aromatic heterocycles. The third-order valence-electron chi connectivity index (χ3n) is 1.21. The number of halogens is 1. The van der Waals surface area contributed by atoms with Gasteiger partial charge in [0.05, 0.1) is 0 Å². The fourth-order valence-electron chi connectivity index (χ4n) is 0.754. The fourth-order valence-corrected chi connectivity index (χ4v) is 1.41. The lowest BCUT2D eigenvalue weighted by molar-refractivity contribution is 0.0689. The highest BCUT2D eigenvalue weighted by Crippen LogP contribution is 2.03. The topological polar surface area (TPSA) is 102 Å². The van der Waals surface area contributed by atoms with Crippen LogP contribution in [0.5, 0.6) is 0 Å². The van der Waals surface area contributed by atoms with E-state index < -0.39 is 16.2 Å². The summed E-state index contributed by atoms with van der Waals surface area (Å²) >= 11 is 0. The molecule has 0 aromatic carbocycles. The summed E-state index contributed by atoms with van der Waals surface area (Å²) in [6.07, 6.45) is 1.07. The van der Waals surface area contributed by atoms with Crippen LogP contribution in [0.3, 0.4) is 0 Å². The smallest absolute Gasteiger partial charge is 0.353 e. The monoisotopic (exact) mass is 226 g/mol. The Kier molecular flexibility index (Phi) is 3.47. The maximum Gasteiger partial charge on any atom is 0.353 e. The lowest BCUT2D eigenvalue weighted by Crippen LogP contribution is -2.24. The highest BCUT2D eigenvalue weighted by atomic mass is 35.5. The second-order valence-corrected chi connectivity index (χ2v) is 3.46. The zero-order valence-corrected chi connectivity index (χ0v) is 7.88. The molecule has 0 atom stereocenters. The van der Waals surface area contributed by atoms with Crippen LogP contribution in [0.25, 0.3) is 0 Å². The Morgan fingerprint density at radius 3 is 2.38 bits per heavy atom. The molecule has 0 spiro atoms. The zero-order chi connectivity index (χ0) is 9.35. The van der Waals surface area contributed by atoms with Gasteiger partial charge in [-0.15, -0.1) is 12.4 Å². The Bertz CT molecular complexity index is 410. The number of nitrogens with zero attached hydrogens (tertiary/aromatic N) is 1. The van der Waals surface area contributed by atoms with Crippen LogP contribution in [0.2, 0.25) is 0 Å². The SMILES string of the molecule is Cl.NS(=O)(=O)n1cccc1C(=O)O. The Morgan fingerprint density at radius 2 is 2.08 bits per heavy atom. The molecule has 1 aromatic rings. The second kappa shape index (κ2) is 3.77. The molecule has 0 radical (unpaired) electrons. The summed E-state index contributed by atoms with van der Waals surface area (Å²) in [7, 11) is -4.00. The maximum atomic E-state index is 10.7. The van der Waals surface area contributed by atoms with Gasteiger partial charge in [-0.25, -0.2) is 13.9 Å². The predicted octanol–water partition coefficient (Wildman–Crippen LogP) is -0.340. The summed E-state index contributed by atoms with van der Waals surface area (Å²) in [4.78, 5) is 10.4. The number of rotatable bonds is 2. The van der Waals surface area contributed by atoms with Gasteiger partial charge in [0.1, 0.15) is 5.69 Å². The van der Waals surface area contributed by atoms with Crippen LogP contribution in [0, 0.1) is 0 Å². The van der Waals surface area contributed by atoms with Crippen molar-refractivity contribution in [2.24, 2.45) is 5.14 Å². The summed E-state index contributed by atoms with van der Waals surface area (Å²) in [5.41, 5.74) is -0.377. The van der Waals surface area contributed by atoms with Gasteiger partial charge in [-0.3, -0.25) is 0 Å². The van der Waals surface area contributed by atoms with Crippen molar-refractivity contribution in [3.63, 3.8) is 0 Å². The van der Waals surface area contributed by atoms with E-state index in [1.54, 1.807) is 0 Å². The minimum Gasteiger partial charge on any atom is -0.477 e. The minimum absolute atomic E-state index is 0. The molecule has 8 heteroatoms. The summed E-state index contributed by atoms with van der Waals surface area (Å²) in [5, 5.41) is 13.2. The largest absolute Gasteiger partial charge is 0.477 e. The molecule has 1 rings (SSSR count). The molecule has 1 heterocycles. The van der Waals surface area contributed by atoms with Crippen molar-refractivity contribution in [3.05, 3.63) is 24.0 Å². The van der Waals surface area contributed by atoms with Gasteiger partial charge in [-0.1, -0.05) is 0 Å². The Hall–Kier alpha value is -1.05. The molecule has 0 unspecified atom stereocenters. The average molecular weight is 227 g/mol. The van der Waals surface area contributed by atoms with Crippen LogP contribution in [0.1, 0.15) is 10.5 Å². The lowest BCUT2D eigenvalue weighted by atomic mass is 10.4. The molecule has 0 aliphatic rings. The van der Waals surface area contributed by atoms with Gasteiger partial charge in [0.25, 0.3) is 0 Å². The van der Waals surface area contributed by atoms with E-state index in [9.17, 15) is 13.2 Å². The lowest BCUT2D eigenvalue weighted by Gasteiger charge is -2.00. The standard InChI is InChI=1S/C5H6N2O4S.ClH/c6-12(10,11)7-3-1-2-4(7)5(8)9;/h1-3H,(H,8,9)(H2,6,10,11);1H. The molecule has 6 nitrogen and oxygen atoms in total. The zero-order valence-electron chi connectivity index (χ0n) is 6.25. The van der Waals surface area contributed by atoms with Crippen LogP contribution >= 0.6 is 12.4 Å². The molecule has 0 aliphatic heterocycles. The third kappa shape index (κ3) is 2.44. The Morgan fingerprint density at radius 1 is 1.54 bits per heavy atom. The van der Waals surface area contributed by atoms with Gasteiger partial charge in [0.2, 0.25) is 0 Å². The number of aromatic nitrogens is 1.